The van der Waals surface area contributed by atoms with E-state index in [1.807, 2.05) is 37.2 Å². The van der Waals surface area contributed by atoms with E-state index in [2.05, 4.69) is 40.0 Å². The summed E-state index contributed by atoms with van der Waals surface area (Å²) in [6, 6.07) is 3.94. The number of ether oxygens (including phenoxy) is 1. The van der Waals surface area contributed by atoms with Crippen molar-refractivity contribution in [1.29, 1.82) is 0 Å². The topological polar surface area (TPSA) is 107 Å². The van der Waals surface area contributed by atoms with Crippen LogP contribution in [-0.2, 0) is 26.1 Å². The molecular formula is C26H41N2O6PS. The number of esters is 1. The van der Waals surface area contributed by atoms with Crippen LogP contribution in [0.4, 0.5) is 0 Å². The van der Waals surface area contributed by atoms with E-state index in [1.165, 1.54) is 11.8 Å². The monoisotopic (exact) mass is 540 g/mol. The van der Waals surface area contributed by atoms with Gasteiger partial charge in [-0.05, 0) is 60.2 Å². The zero-order valence-electron chi connectivity index (χ0n) is 22.7. The Morgan fingerprint density at radius 3 is 2.28 bits per heavy atom. The number of rotatable bonds is 9. The Morgan fingerprint density at radius 2 is 1.81 bits per heavy atom. The molecular weight excluding hydrogens is 499 g/mol. The van der Waals surface area contributed by atoms with Gasteiger partial charge in [0.1, 0.15) is 5.75 Å². The highest BCUT2D eigenvalue weighted by Crippen LogP contribution is 2.59. The van der Waals surface area contributed by atoms with Crippen molar-refractivity contribution in [2.45, 2.75) is 53.5 Å². The average molecular weight is 541 g/mol. The van der Waals surface area contributed by atoms with Crippen molar-refractivity contribution in [3.8, 4) is 5.75 Å². The molecule has 0 saturated heterocycles. The van der Waals surface area contributed by atoms with Crippen LogP contribution in [0.5, 0.6) is 5.75 Å². The number of carbonyl (C=O) groups is 2. The predicted molar refractivity (Wildman–Crippen MR) is 148 cm³/mol. The maximum absolute atomic E-state index is 13.6. The number of nitrogens with zero attached hydrogens (tertiary/aromatic N) is 2. The van der Waals surface area contributed by atoms with Gasteiger partial charge in [-0.2, -0.15) is 10.0 Å². The quantitative estimate of drug-likeness (QED) is 0.203. The molecule has 36 heavy (non-hydrogen) atoms. The summed E-state index contributed by atoms with van der Waals surface area (Å²) >= 11 is 0. The van der Waals surface area contributed by atoms with Crippen molar-refractivity contribution in [1.82, 2.24) is 9.80 Å². The molecule has 2 rings (SSSR count). The highest BCUT2D eigenvalue weighted by Gasteiger charge is 2.35. The summed E-state index contributed by atoms with van der Waals surface area (Å²) in [5.41, 5.74) is 2.22. The molecule has 0 saturated carbocycles. The smallest absolute Gasteiger partial charge is 0.327 e. The van der Waals surface area contributed by atoms with Crippen molar-refractivity contribution in [2.24, 2.45) is 0 Å². The largest absolute Gasteiger partial charge is 0.426 e. The van der Waals surface area contributed by atoms with Crippen molar-refractivity contribution in [3.05, 3.63) is 45.3 Å². The van der Waals surface area contributed by atoms with E-state index in [4.69, 9.17) is 4.74 Å². The Labute approximate surface area is 216 Å². The highest BCUT2D eigenvalue weighted by molar-refractivity contribution is 8.39. The van der Waals surface area contributed by atoms with E-state index in [0.29, 0.717) is 17.2 Å². The lowest BCUT2D eigenvalue weighted by molar-refractivity contribution is -0.132. The third-order valence-electron chi connectivity index (χ3n) is 6.10. The van der Waals surface area contributed by atoms with Gasteiger partial charge >= 0.3 is 13.6 Å². The lowest BCUT2D eigenvalue weighted by Gasteiger charge is -2.42. The molecule has 0 unspecified atom stereocenters. The van der Waals surface area contributed by atoms with Crippen LogP contribution in [0.25, 0.3) is 6.08 Å². The number of amides is 1. The van der Waals surface area contributed by atoms with Gasteiger partial charge in [0.15, 0.2) is 0 Å². The van der Waals surface area contributed by atoms with E-state index in [9.17, 15) is 23.9 Å². The summed E-state index contributed by atoms with van der Waals surface area (Å²) in [6.07, 6.45) is 3.22. The molecule has 1 aliphatic heterocycles. The lowest BCUT2D eigenvalue weighted by atomic mass is 9.83. The molecule has 1 aromatic carbocycles. The number of hydrogen-bond donors (Lipinski definition) is 2. The molecule has 0 bridgehead atoms. The van der Waals surface area contributed by atoms with Crippen LogP contribution < -0.4 is 4.74 Å². The van der Waals surface area contributed by atoms with E-state index >= 15 is 0 Å². The third kappa shape index (κ3) is 7.56. The molecule has 0 aromatic heterocycles. The minimum atomic E-state index is -4.24. The molecule has 0 radical (unpaired) electrons. The Hall–Kier alpha value is -1.90. The van der Waals surface area contributed by atoms with Gasteiger partial charge in [0, 0.05) is 37.3 Å². The molecule has 8 nitrogen and oxygen atoms in total. The van der Waals surface area contributed by atoms with Gasteiger partial charge in [0.25, 0.3) is 5.91 Å². The molecule has 0 atom stereocenters. The van der Waals surface area contributed by atoms with Gasteiger partial charge < -0.3 is 24.3 Å². The first-order valence-corrected chi connectivity index (χ1v) is 15.9. The second-order valence-corrected chi connectivity index (χ2v) is 15.9. The van der Waals surface area contributed by atoms with Crippen LogP contribution in [0.1, 0.15) is 58.2 Å². The SMILES string of the molecule is CCS1(CC)C=CN(CCP(=O)(O)O)C(=O)/C1=C\c1cc(CN(C)C)c(OC(C)=O)c(C(C)(C)C)c1. The standard InChI is InChI=1S/C26H41N2O6PS/c1-9-36(10-2)14-12-28(11-13-35(31,32)33)25(30)23(36)17-20-15-21(18-27(7)8)24(34-19(3)29)22(16-20)26(4,5)6/h12,14-17H,9-11,13,18H2,1-8H3,(H2,31,32,33)/b23-17+. The van der Waals surface area contributed by atoms with Crippen LogP contribution in [0.3, 0.4) is 0 Å². The molecule has 0 fully saturated rings. The van der Waals surface area contributed by atoms with Crippen LogP contribution >= 0.6 is 17.6 Å². The maximum atomic E-state index is 13.6. The molecule has 2 N–H and O–H groups in total. The van der Waals surface area contributed by atoms with Crippen molar-refractivity contribution >= 4 is 35.6 Å². The van der Waals surface area contributed by atoms with Gasteiger partial charge in [-0.1, -0.05) is 34.6 Å². The fraction of sp³-hybridized carbons (Fsp3) is 0.538. The maximum Gasteiger partial charge on any atom is 0.327 e. The van der Waals surface area contributed by atoms with Crippen molar-refractivity contribution in [2.75, 3.05) is 38.3 Å². The van der Waals surface area contributed by atoms with Gasteiger partial charge in [-0.3, -0.25) is 14.2 Å². The fourth-order valence-electron chi connectivity index (χ4n) is 4.17. The Balaban J connectivity index is 2.74. The second kappa shape index (κ2) is 11.7. The van der Waals surface area contributed by atoms with E-state index in [1.54, 1.807) is 6.20 Å². The average Bonchev–Trinajstić information content (AvgIpc) is 2.74. The van der Waals surface area contributed by atoms with Gasteiger partial charge in [0.2, 0.25) is 0 Å². The molecule has 1 aliphatic rings. The second-order valence-electron chi connectivity index (χ2n) is 10.3. The summed E-state index contributed by atoms with van der Waals surface area (Å²) < 4.78 is 17.1. The van der Waals surface area contributed by atoms with Gasteiger partial charge in [-0.15, -0.1) is 0 Å². The van der Waals surface area contributed by atoms with E-state index in [-0.39, 0.29) is 23.8 Å². The Bertz CT molecular complexity index is 1100. The zero-order chi connectivity index (χ0) is 27.5. The predicted octanol–water partition coefficient (Wildman–Crippen LogP) is 4.65. The van der Waals surface area contributed by atoms with Crippen LogP contribution in [-0.4, -0.2) is 69.8 Å². The molecule has 1 aromatic rings. The first-order valence-electron chi connectivity index (χ1n) is 12.1. The Morgan fingerprint density at radius 1 is 1.19 bits per heavy atom. The van der Waals surface area contributed by atoms with Gasteiger partial charge in [-0.25, -0.2) is 0 Å². The first kappa shape index (κ1) is 30.3. The molecule has 1 amide bonds. The minimum absolute atomic E-state index is 0.0512. The van der Waals surface area contributed by atoms with Crippen LogP contribution in [0, 0.1) is 0 Å². The summed E-state index contributed by atoms with van der Waals surface area (Å²) in [5, 5.41) is 2.05. The van der Waals surface area contributed by atoms with Crippen LogP contribution in [0.2, 0.25) is 0 Å². The molecule has 0 aliphatic carbocycles. The normalized spacial score (nSPS) is 18.1. The molecule has 10 heteroatoms. The third-order valence-corrected chi connectivity index (χ3v) is 10.8. The van der Waals surface area contributed by atoms with Crippen molar-refractivity contribution < 1.29 is 28.7 Å². The fourth-order valence-corrected chi connectivity index (χ4v) is 7.43. The molecule has 1 heterocycles. The Kier molecular flexibility index (Phi) is 9.82. The van der Waals surface area contributed by atoms with Gasteiger partial charge in [0.05, 0.1) is 11.1 Å². The number of carbonyl (C=O) groups excluding carboxylic acids is 2. The minimum Gasteiger partial charge on any atom is -0.426 e. The summed E-state index contributed by atoms with van der Waals surface area (Å²) in [4.78, 5) is 48.3. The lowest BCUT2D eigenvalue weighted by Crippen LogP contribution is -2.35. The zero-order valence-corrected chi connectivity index (χ0v) is 24.4. The molecule has 202 valence electrons. The highest BCUT2D eigenvalue weighted by atomic mass is 32.3. The number of hydrogen-bond acceptors (Lipinski definition) is 5. The van der Waals surface area contributed by atoms with E-state index in [0.717, 1.165) is 28.2 Å². The summed E-state index contributed by atoms with van der Waals surface area (Å²) in [7, 11) is -1.92. The van der Waals surface area contributed by atoms with Crippen LogP contribution in [0.15, 0.2) is 28.6 Å². The summed E-state index contributed by atoms with van der Waals surface area (Å²) in [5.74, 6) is 1.51. The van der Waals surface area contributed by atoms with Crippen molar-refractivity contribution in [3.63, 3.8) is 0 Å². The molecule has 0 spiro atoms. The first-order chi connectivity index (χ1) is 16.5. The summed E-state index contributed by atoms with van der Waals surface area (Å²) in [6.45, 7) is 12.2. The number of benzene rings is 1. The van der Waals surface area contributed by atoms with E-state index < -0.39 is 23.8 Å².